The average molecular weight is 358 g/mol. The molecule has 1 aromatic heterocycles. The molecule has 0 aliphatic rings. The lowest BCUT2D eigenvalue weighted by Gasteiger charge is -2.23. The summed E-state index contributed by atoms with van der Waals surface area (Å²) in [5.74, 6) is -0.381. The van der Waals surface area contributed by atoms with E-state index >= 15 is 0 Å². The van der Waals surface area contributed by atoms with Gasteiger partial charge in [0.25, 0.3) is 5.56 Å². The summed E-state index contributed by atoms with van der Waals surface area (Å²) in [4.78, 5) is 38.7. The summed E-state index contributed by atoms with van der Waals surface area (Å²) in [5.41, 5.74) is -0.255. The Labute approximate surface area is 132 Å². The fourth-order valence-electron chi connectivity index (χ4n) is 1.86. The van der Waals surface area contributed by atoms with Crippen molar-refractivity contribution in [3.8, 4) is 0 Å². The lowest BCUT2D eigenvalue weighted by Crippen LogP contribution is -2.42. The van der Waals surface area contributed by atoms with Crippen LogP contribution in [0.4, 0.5) is 0 Å². The molecule has 116 valence electrons. The van der Waals surface area contributed by atoms with Crippen molar-refractivity contribution in [3.05, 3.63) is 33.2 Å². The predicted molar refractivity (Wildman–Crippen MR) is 84.0 cm³/mol. The van der Waals surface area contributed by atoms with Crippen molar-refractivity contribution in [2.45, 2.75) is 20.4 Å². The number of nitrogens with zero attached hydrogens (tertiary/aromatic N) is 3. The Morgan fingerprint density at radius 3 is 2.38 bits per heavy atom. The van der Waals surface area contributed by atoms with Gasteiger partial charge in [-0.1, -0.05) is 0 Å². The molecule has 0 radical (unpaired) electrons. The summed E-state index contributed by atoms with van der Waals surface area (Å²) in [6.07, 6.45) is 1.56. The average Bonchev–Trinajstić information content (AvgIpc) is 2.44. The van der Waals surface area contributed by atoms with Crippen LogP contribution >= 0.6 is 15.9 Å². The van der Waals surface area contributed by atoms with Gasteiger partial charge in [0.1, 0.15) is 6.54 Å². The fraction of sp³-hybridized carbons (Fsp3) is 0.500. The molecule has 21 heavy (non-hydrogen) atoms. The van der Waals surface area contributed by atoms with E-state index in [2.05, 4.69) is 15.9 Å². The quantitative estimate of drug-likeness (QED) is 0.760. The largest absolute Gasteiger partial charge is 0.342 e. The highest BCUT2D eigenvalue weighted by atomic mass is 79.9. The third-order valence-electron chi connectivity index (χ3n) is 3.17. The molecule has 1 heterocycles. The number of pyridine rings is 1. The molecule has 1 aromatic rings. The van der Waals surface area contributed by atoms with Crippen LogP contribution in [0.3, 0.4) is 0 Å². The Morgan fingerprint density at radius 2 is 1.81 bits per heavy atom. The summed E-state index contributed by atoms with van der Waals surface area (Å²) >= 11 is 3.26. The van der Waals surface area contributed by atoms with Gasteiger partial charge in [-0.2, -0.15) is 0 Å². The van der Waals surface area contributed by atoms with E-state index in [1.54, 1.807) is 24.2 Å². The van der Waals surface area contributed by atoms with Gasteiger partial charge in [0.15, 0.2) is 0 Å². The number of halogens is 1. The van der Waals surface area contributed by atoms with Crippen LogP contribution < -0.4 is 5.56 Å². The first-order valence-corrected chi connectivity index (χ1v) is 7.56. The smallest absolute Gasteiger partial charge is 0.251 e. The van der Waals surface area contributed by atoms with Crippen molar-refractivity contribution in [1.82, 2.24) is 14.4 Å². The van der Waals surface area contributed by atoms with Crippen LogP contribution in [0, 0.1) is 0 Å². The second-order valence-corrected chi connectivity index (χ2v) is 5.54. The molecule has 0 fully saturated rings. The van der Waals surface area contributed by atoms with Gasteiger partial charge in [-0.3, -0.25) is 14.4 Å². The molecule has 0 aliphatic carbocycles. The van der Waals surface area contributed by atoms with E-state index < -0.39 is 0 Å². The van der Waals surface area contributed by atoms with Gasteiger partial charge in [0.05, 0.1) is 6.54 Å². The van der Waals surface area contributed by atoms with Crippen LogP contribution in [0.2, 0.25) is 0 Å². The van der Waals surface area contributed by atoms with E-state index in [1.165, 1.54) is 15.5 Å². The summed E-state index contributed by atoms with van der Waals surface area (Å²) in [6, 6.07) is 3.01. The second kappa shape index (κ2) is 7.97. The number of carbonyl (C=O) groups excluding carboxylic acids is 2. The summed E-state index contributed by atoms with van der Waals surface area (Å²) in [7, 11) is 1.56. The van der Waals surface area contributed by atoms with Crippen molar-refractivity contribution < 1.29 is 9.59 Å². The molecule has 0 aromatic carbocycles. The van der Waals surface area contributed by atoms with Crippen LogP contribution in [0.1, 0.15) is 13.8 Å². The standard InChI is InChI=1S/C14H20BrN3O3/c1-4-17(5-2)14(21)9-16(3)13(20)10-18-8-11(15)6-7-12(18)19/h6-8H,4-5,9-10H2,1-3H3. The van der Waals surface area contributed by atoms with Crippen LogP contribution in [0.25, 0.3) is 0 Å². The van der Waals surface area contributed by atoms with Gasteiger partial charge in [-0.25, -0.2) is 0 Å². The first-order valence-electron chi connectivity index (χ1n) is 6.76. The molecule has 6 nitrogen and oxygen atoms in total. The Bertz CT molecular complexity index is 567. The van der Waals surface area contributed by atoms with Crippen LogP contribution in [0.15, 0.2) is 27.6 Å². The number of hydrogen-bond donors (Lipinski definition) is 0. The first kappa shape index (κ1) is 17.4. The highest BCUT2D eigenvalue weighted by molar-refractivity contribution is 9.10. The number of likely N-dealkylation sites (N-methyl/N-ethyl adjacent to an activating group) is 2. The van der Waals surface area contributed by atoms with Gasteiger partial charge in [0, 0.05) is 36.9 Å². The third kappa shape index (κ3) is 5.00. The molecular formula is C14H20BrN3O3. The van der Waals surface area contributed by atoms with Crippen LogP contribution in [0.5, 0.6) is 0 Å². The van der Waals surface area contributed by atoms with Gasteiger partial charge < -0.3 is 14.4 Å². The summed E-state index contributed by atoms with van der Waals surface area (Å²) in [5, 5.41) is 0. The Hall–Kier alpha value is -1.63. The SMILES string of the molecule is CCN(CC)C(=O)CN(C)C(=O)Cn1cc(Br)ccc1=O. The zero-order valence-electron chi connectivity index (χ0n) is 12.5. The number of rotatable bonds is 6. The molecule has 0 saturated heterocycles. The van der Waals surface area contributed by atoms with Crippen molar-refractivity contribution >= 4 is 27.7 Å². The molecule has 2 amide bonds. The monoisotopic (exact) mass is 357 g/mol. The maximum absolute atomic E-state index is 12.1. The van der Waals surface area contributed by atoms with Gasteiger partial charge in [-0.15, -0.1) is 0 Å². The van der Waals surface area contributed by atoms with Gasteiger partial charge in [-0.05, 0) is 35.8 Å². The second-order valence-electron chi connectivity index (χ2n) is 4.63. The molecule has 0 spiro atoms. The van der Waals surface area contributed by atoms with Crippen molar-refractivity contribution in [2.75, 3.05) is 26.7 Å². The Kier molecular flexibility index (Phi) is 6.61. The maximum Gasteiger partial charge on any atom is 0.251 e. The molecule has 0 N–H and O–H groups in total. The third-order valence-corrected chi connectivity index (χ3v) is 3.64. The topological polar surface area (TPSA) is 62.6 Å². The fourth-order valence-corrected chi connectivity index (χ4v) is 2.24. The minimum atomic E-state index is -0.282. The van der Waals surface area contributed by atoms with Crippen molar-refractivity contribution in [1.29, 1.82) is 0 Å². The first-order chi connectivity index (χ1) is 9.88. The normalized spacial score (nSPS) is 10.3. The van der Waals surface area contributed by atoms with E-state index in [4.69, 9.17) is 0 Å². The molecule has 0 unspecified atom stereocenters. The molecule has 1 rings (SSSR count). The highest BCUT2D eigenvalue weighted by Gasteiger charge is 2.17. The van der Waals surface area contributed by atoms with Gasteiger partial charge in [0.2, 0.25) is 11.8 Å². The molecule has 0 saturated carbocycles. The van der Waals surface area contributed by atoms with Crippen molar-refractivity contribution in [2.24, 2.45) is 0 Å². The number of aromatic nitrogens is 1. The van der Waals surface area contributed by atoms with E-state index in [0.717, 1.165) is 4.47 Å². The van der Waals surface area contributed by atoms with Crippen molar-refractivity contribution in [3.63, 3.8) is 0 Å². The maximum atomic E-state index is 12.1. The highest BCUT2D eigenvalue weighted by Crippen LogP contribution is 2.05. The van der Waals surface area contributed by atoms with E-state index in [0.29, 0.717) is 13.1 Å². The van der Waals surface area contributed by atoms with E-state index in [-0.39, 0.29) is 30.5 Å². The number of carbonyl (C=O) groups is 2. The zero-order valence-corrected chi connectivity index (χ0v) is 14.1. The number of amides is 2. The minimum absolute atomic E-state index is 0.0171. The minimum Gasteiger partial charge on any atom is -0.342 e. The van der Waals surface area contributed by atoms with E-state index in [1.807, 2.05) is 13.8 Å². The lowest BCUT2D eigenvalue weighted by atomic mass is 10.4. The van der Waals surface area contributed by atoms with Crippen LogP contribution in [-0.4, -0.2) is 52.9 Å². The molecule has 0 atom stereocenters. The molecule has 7 heteroatoms. The summed E-state index contributed by atoms with van der Waals surface area (Å²) < 4.78 is 2.03. The summed E-state index contributed by atoms with van der Waals surface area (Å²) in [6.45, 7) is 4.95. The predicted octanol–water partition coefficient (Wildman–Crippen LogP) is 0.938. The molecule has 0 aliphatic heterocycles. The molecular weight excluding hydrogens is 338 g/mol. The Morgan fingerprint density at radius 1 is 1.19 bits per heavy atom. The van der Waals surface area contributed by atoms with E-state index in [9.17, 15) is 14.4 Å². The Balaban J connectivity index is 2.69. The van der Waals surface area contributed by atoms with Crippen LogP contribution in [-0.2, 0) is 16.1 Å². The lowest BCUT2D eigenvalue weighted by molar-refractivity contribution is -0.139. The van der Waals surface area contributed by atoms with Gasteiger partial charge >= 0.3 is 0 Å². The zero-order chi connectivity index (χ0) is 16.0. The number of hydrogen-bond acceptors (Lipinski definition) is 3. The molecule has 0 bridgehead atoms.